The molecule has 1 unspecified atom stereocenters. The van der Waals surface area contributed by atoms with Crippen molar-refractivity contribution < 1.29 is 9.21 Å². The van der Waals surface area contributed by atoms with Gasteiger partial charge in [-0.15, -0.1) is 0 Å². The Kier molecular flexibility index (Phi) is 4.02. The lowest BCUT2D eigenvalue weighted by molar-refractivity contribution is 0.235. The largest absolute Gasteiger partial charge is 0.467 e. The average Bonchev–Trinajstić information content (AvgIpc) is 2.91. The molecule has 1 aromatic carbocycles. The summed E-state index contributed by atoms with van der Waals surface area (Å²) in [6.45, 7) is 2.39. The molecule has 0 bridgehead atoms. The van der Waals surface area contributed by atoms with Gasteiger partial charge >= 0.3 is 6.03 Å². The second kappa shape index (κ2) is 5.91. The fraction of sp³-hybridized carbons (Fsp3) is 0.214. The Bertz CT molecular complexity index is 480. The number of carbonyl (C=O) groups excluding carboxylic acids is 1. The second-order valence-corrected chi connectivity index (χ2v) is 4.05. The molecule has 0 fully saturated rings. The van der Waals surface area contributed by atoms with Gasteiger partial charge in [0, 0.05) is 6.54 Å². The molecule has 1 atom stereocenters. The first-order chi connectivity index (χ1) is 8.75. The van der Waals surface area contributed by atoms with Crippen molar-refractivity contribution in [3.05, 3.63) is 60.1 Å². The van der Waals surface area contributed by atoms with Crippen LogP contribution < -0.4 is 10.6 Å². The van der Waals surface area contributed by atoms with Gasteiger partial charge in [0.05, 0.1) is 12.3 Å². The third-order valence-corrected chi connectivity index (χ3v) is 2.61. The highest BCUT2D eigenvalue weighted by Crippen LogP contribution is 2.11. The fourth-order valence-electron chi connectivity index (χ4n) is 1.63. The third-order valence-electron chi connectivity index (χ3n) is 2.61. The zero-order valence-corrected chi connectivity index (χ0v) is 10.2. The number of urea groups is 1. The number of furan rings is 1. The molecule has 18 heavy (non-hydrogen) atoms. The Morgan fingerprint density at radius 2 is 2.00 bits per heavy atom. The summed E-state index contributed by atoms with van der Waals surface area (Å²) < 4.78 is 5.22. The van der Waals surface area contributed by atoms with Crippen LogP contribution in [-0.2, 0) is 6.54 Å². The standard InChI is InChI=1S/C14H16N2O2/c1-11(13-8-5-9-18-13)16-14(17)15-10-12-6-3-2-4-7-12/h2-9,11H,10H2,1H3,(H2,15,16,17). The lowest BCUT2D eigenvalue weighted by Gasteiger charge is -2.12. The van der Waals surface area contributed by atoms with Crippen molar-refractivity contribution in [2.75, 3.05) is 0 Å². The van der Waals surface area contributed by atoms with Gasteiger partial charge < -0.3 is 15.1 Å². The van der Waals surface area contributed by atoms with Gasteiger partial charge in [-0.2, -0.15) is 0 Å². The van der Waals surface area contributed by atoms with E-state index in [0.717, 1.165) is 11.3 Å². The van der Waals surface area contributed by atoms with Gasteiger partial charge in [-0.05, 0) is 24.6 Å². The van der Waals surface area contributed by atoms with Crippen molar-refractivity contribution in [1.29, 1.82) is 0 Å². The minimum absolute atomic E-state index is 0.143. The Labute approximate surface area is 106 Å². The molecule has 2 aromatic rings. The van der Waals surface area contributed by atoms with Crippen molar-refractivity contribution in [1.82, 2.24) is 10.6 Å². The van der Waals surface area contributed by atoms with Crippen molar-refractivity contribution in [3.63, 3.8) is 0 Å². The minimum atomic E-state index is -0.206. The van der Waals surface area contributed by atoms with Crippen molar-refractivity contribution in [2.45, 2.75) is 19.5 Å². The highest BCUT2D eigenvalue weighted by atomic mass is 16.3. The van der Waals surface area contributed by atoms with Gasteiger partial charge in [-0.1, -0.05) is 30.3 Å². The summed E-state index contributed by atoms with van der Waals surface area (Å²) in [5, 5.41) is 5.61. The van der Waals surface area contributed by atoms with Crippen LogP contribution in [0.25, 0.3) is 0 Å². The van der Waals surface area contributed by atoms with E-state index in [4.69, 9.17) is 4.42 Å². The van der Waals surface area contributed by atoms with Gasteiger partial charge in [0.15, 0.2) is 0 Å². The molecule has 0 aliphatic carbocycles. The molecule has 0 saturated heterocycles. The minimum Gasteiger partial charge on any atom is -0.467 e. The van der Waals surface area contributed by atoms with E-state index in [0.29, 0.717) is 6.54 Å². The SMILES string of the molecule is CC(NC(=O)NCc1ccccc1)c1ccco1. The van der Waals surface area contributed by atoms with E-state index in [1.165, 1.54) is 0 Å². The summed E-state index contributed by atoms with van der Waals surface area (Å²) in [7, 11) is 0. The van der Waals surface area contributed by atoms with Crippen LogP contribution in [0.5, 0.6) is 0 Å². The van der Waals surface area contributed by atoms with Gasteiger partial charge in [-0.25, -0.2) is 4.79 Å². The number of hydrogen-bond acceptors (Lipinski definition) is 2. The Morgan fingerprint density at radius 1 is 1.22 bits per heavy atom. The van der Waals surface area contributed by atoms with Crippen molar-refractivity contribution in [3.8, 4) is 0 Å². The first kappa shape index (κ1) is 12.2. The maximum Gasteiger partial charge on any atom is 0.315 e. The van der Waals surface area contributed by atoms with Crippen LogP contribution in [-0.4, -0.2) is 6.03 Å². The van der Waals surface area contributed by atoms with E-state index in [2.05, 4.69) is 10.6 Å². The van der Waals surface area contributed by atoms with Crippen LogP contribution in [0.1, 0.15) is 24.3 Å². The summed E-state index contributed by atoms with van der Waals surface area (Å²) in [5.41, 5.74) is 1.07. The molecular weight excluding hydrogens is 228 g/mol. The van der Waals surface area contributed by atoms with Gasteiger partial charge in [0.2, 0.25) is 0 Å². The topological polar surface area (TPSA) is 54.3 Å². The molecule has 4 heteroatoms. The molecule has 2 amide bonds. The van der Waals surface area contributed by atoms with Crippen LogP contribution >= 0.6 is 0 Å². The normalized spacial score (nSPS) is 11.8. The Hall–Kier alpha value is -2.23. The average molecular weight is 244 g/mol. The first-order valence-corrected chi connectivity index (χ1v) is 5.87. The first-order valence-electron chi connectivity index (χ1n) is 5.87. The summed E-state index contributed by atoms with van der Waals surface area (Å²) in [6.07, 6.45) is 1.59. The van der Waals surface area contributed by atoms with Crippen molar-refractivity contribution >= 4 is 6.03 Å². The smallest absolute Gasteiger partial charge is 0.315 e. The van der Waals surface area contributed by atoms with E-state index in [9.17, 15) is 4.79 Å². The zero-order chi connectivity index (χ0) is 12.8. The molecule has 2 N–H and O–H groups in total. The van der Waals surface area contributed by atoms with Gasteiger partial charge in [0.25, 0.3) is 0 Å². The van der Waals surface area contributed by atoms with Crippen LogP contribution in [0.15, 0.2) is 53.1 Å². The van der Waals surface area contributed by atoms with E-state index in [-0.39, 0.29) is 12.1 Å². The monoisotopic (exact) mass is 244 g/mol. The summed E-state index contributed by atoms with van der Waals surface area (Å²) in [5.74, 6) is 0.741. The van der Waals surface area contributed by atoms with Crippen LogP contribution in [0, 0.1) is 0 Å². The van der Waals surface area contributed by atoms with Gasteiger partial charge in [-0.3, -0.25) is 0 Å². The van der Waals surface area contributed by atoms with E-state index >= 15 is 0 Å². The molecule has 0 radical (unpaired) electrons. The summed E-state index contributed by atoms with van der Waals surface area (Å²) in [6, 6.07) is 13.1. The van der Waals surface area contributed by atoms with E-state index in [1.54, 1.807) is 12.3 Å². The number of carbonyl (C=O) groups is 1. The molecular formula is C14H16N2O2. The van der Waals surface area contributed by atoms with E-state index in [1.807, 2.05) is 43.3 Å². The van der Waals surface area contributed by atoms with Gasteiger partial charge in [0.1, 0.15) is 5.76 Å². The van der Waals surface area contributed by atoms with Crippen LogP contribution in [0.2, 0.25) is 0 Å². The number of nitrogens with one attached hydrogen (secondary N) is 2. The maximum absolute atomic E-state index is 11.7. The Balaban J connectivity index is 1.79. The summed E-state index contributed by atoms with van der Waals surface area (Å²) >= 11 is 0. The second-order valence-electron chi connectivity index (χ2n) is 4.05. The highest BCUT2D eigenvalue weighted by molar-refractivity contribution is 5.74. The maximum atomic E-state index is 11.7. The highest BCUT2D eigenvalue weighted by Gasteiger charge is 2.10. The van der Waals surface area contributed by atoms with Crippen LogP contribution in [0.3, 0.4) is 0 Å². The molecule has 94 valence electrons. The Morgan fingerprint density at radius 3 is 2.67 bits per heavy atom. The predicted octanol–water partition coefficient (Wildman–Crippen LogP) is 2.84. The molecule has 0 aliphatic rings. The molecule has 1 heterocycles. The molecule has 0 saturated carbocycles. The summed E-state index contributed by atoms with van der Waals surface area (Å²) in [4.78, 5) is 11.7. The van der Waals surface area contributed by atoms with Crippen molar-refractivity contribution in [2.24, 2.45) is 0 Å². The zero-order valence-electron chi connectivity index (χ0n) is 10.2. The fourth-order valence-corrected chi connectivity index (χ4v) is 1.63. The molecule has 4 nitrogen and oxygen atoms in total. The van der Waals surface area contributed by atoms with E-state index < -0.39 is 0 Å². The number of amides is 2. The molecule has 0 spiro atoms. The number of hydrogen-bond donors (Lipinski definition) is 2. The molecule has 0 aliphatic heterocycles. The lowest BCUT2D eigenvalue weighted by atomic mass is 10.2. The number of benzene rings is 1. The quantitative estimate of drug-likeness (QED) is 0.868. The number of rotatable bonds is 4. The molecule has 2 rings (SSSR count). The molecule has 1 aromatic heterocycles. The lowest BCUT2D eigenvalue weighted by Crippen LogP contribution is -2.36. The predicted molar refractivity (Wildman–Crippen MR) is 68.9 cm³/mol. The van der Waals surface area contributed by atoms with Crippen LogP contribution in [0.4, 0.5) is 4.79 Å². The third kappa shape index (κ3) is 3.38.